The summed E-state index contributed by atoms with van der Waals surface area (Å²) < 4.78 is 27.8. The van der Waals surface area contributed by atoms with Gasteiger partial charge < -0.3 is 10.8 Å². The molecule has 0 saturated heterocycles. The van der Waals surface area contributed by atoms with Gasteiger partial charge >= 0.3 is 5.97 Å². The fourth-order valence-corrected chi connectivity index (χ4v) is 3.77. The standard InChI is InChI=1S/C18H16N2O4S/c19-15-8-9-16-14(10-15)2-1-3-17(16)25(23,24)20-11-12-4-6-13(7-5-12)18(21)22/h1-10,20H,11,19H2,(H,21,22). The van der Waals surface area contributed by atoms with Gasteiger partial charge in [0.25, 0.3) is 0 Å². The molecule has 0 heterocycles. The second kappa shape index (κ2) is 6.54. The molecule has 0 fully saturated rings. The number of nitrogens with two attached hydrogens (primary N) is 1. The van der Waals surface area contributed by atoms with Crippen LogP contribution in [0.5, 0.6) is 0 Å². The Morgan fingerprint density at radius 2 is 1.76 bits per heavy atom. The van der Waals surface area contributed by atoms with Crippen molar-refractivity contribution in [2.45, 2.75) is 11.4 Å². The zero-order valence-electron chi connectivity index (χ0n) is 13.1. The summed E-state index contributed by atoms with van der Waals surface area (Å²) in [4.78, 5) is 11.0. The van der Waals surface area contributed by atoms with Crippen LogP contribution < -0.4 is 10.5 Å². The summed E-state index contributed by atoms with van der Waals surface area (Å²) in [5, 5.41) is 10.2. The largest absolute Gasteiger partial charge is 0.478 e. The highest BCUT2D eigenvalue weighted by molar-refractivity contribution is 7.89. The molecular formula is C18H16N2O4S. The van der Waals surface area contributed by atoms with Crippen LogP contribution in [0.1, 0.15) is 15.9 Å². The molecule has 0 atom stereocenters. The average Bonchev–Trinajstić information content (AvgIpc) is 2.59. The summed E-state index contributed by atoms with van der Waals surface area (Å²) in [6.07, 6.45) is 0. The van der Waals surface area contributed by atoms with Crippen LogP contribution in [0, 0.1) is 0 Å². The fourth-order valence-electron chi connectivity index (χ4n) is 2.53. The third-order valence-corrected chi connectivity index (χ3v) is 5.28. The quantitative estimate of drug-likeness (QED) is 0.609. The van der Waals surface area contributed by atoms with E-state index in [2.05, 4.69) is 4.72 Å². The number of sulfonamides is 1. The molecule has 25 heavy (non-hydrogen) atoms. The van der Waals surface area contributed by atoms with Gasteiger partial charge in [0.2, 0.25) is 10.0 Å². The van der Waals surface area contributed by atoms with E-state index in [1.165, 1.54) is 18.2 Å². The minimum absolute atomic E-state index is 0.0631. The molecule has 0 aromatic heterocycles. The predicted octanol–water partition coefficient (Wildman–Crippen LogP) is 2.60. The molecule has 6 nitrogen and oxygen atoms in total. The Morgan fingerprint density at radius 1 is 1.04 bits per heavy atom. The van der Waals surface area contributed by atoms with Gasteiger partial charge in [-0.25, -0.2) is 17.9 Å². The van der Waals surface area contributed by atoms with Crippen LogP contribution in [0.2, 0.25) is 0 Å². The maximum absolute atomic E-state index is 12.6. The van der Waals surface area contributed by atoms with Crippen molar-refractivity contribution in [2.75, 3.05) is 5.73 Å². The number of carboxylic acid groups (broad SMARTS) is 1. The predicted molar refractivity (Wildman–Crippen MR) is 95.8 cm³/mol. The molecule has 0 bridgehead atoms. The van der Waals surface area contributed by atoms with Gasteiger partial charge in [0, 0.05) is 17.6 Å². The SMILES string of the molecule is Nc1ccc2c(S(=O)(=O)NCc3ccc(C(=O)O)cc3)cccc2c1. The van der Waals surface area contributed by atoms with Crippen LogP contribution in [-0.4, -0.2) is 19.5 Å². The third kappa shape index (κ3) is 3.62. The Morgan fingerprint density at radius 3 is 2.44 bits per heavy atom. The van der Waals surface area contributed by atoms with E-state index in [9.17, 15) is 13.2 Å². The van der Waals surface area contributed by atoms with E-state index in [1.807, 2.05) is 0 Å². The molecule has 0 spiro atoms. The molecule has 0 radical (unpaired) electrons. The molecule has 0 unspecified atom stereocenters. The highest BCUT2D eigenvalue weighted by atomic mass is 32.2. The molecular weight excluding hydrogens is 340 g/mol. The number of hydrogen-bond donors (Lipinski definition) is 3. The van der Waals surface area contributed by atoms with E-state index >= 15 is 0 Å². The normalized spacial score (nSPS) is 11.5. The zero-order chi connectivity index (χ0) is 18.0. The minimum atomic E-state index is -3.73. The van der Waals surface area contributed by atoms with Crippen LogP contribution in [0.25, 0.3) is 10.8 Å². The molecule has 0 aliphatic carbocycles. The Balaban J connectivity index is 1.86. The van der Waals surface area contributed by atoms with Crippen molar-refractivity contribution in [3.05, 3.63) is 71.8 Å². The lowest BCUT2D eigenvalue weighted by atomic mass is 10.1. The summed E-state index contributed by atoms with van der Waals surface area (Å²) in [6, 6.07) is 16.1. The van der Waals surface area contributed by atoms with Crippen molar-refractivity contribution in [1.82, 2.24) is 4.72 Å². The number of carbonyl (C=O) groups is 1. The topological polar surface area (TPSA) is 109 Å². The van der Waals surface area contributed by atoms with E-state index < -0.39 is 16.0 Å². The monoisotopic (exact) mass is 356 g/mol. The summed E-state index contributed by atoms with van der Waals surface area (Å²) in [5.74, 6) is -1.03. The number of hydrogen-bond acceptors (Lipinski definition) is 4. The Bertz CT molecular complexity index is 1040. The molecule has 4 N–H and O–H groups in total. The van der Waals surface area contributed by atoms with Gasteiger partial charge in [0.05, 0.1) is 10.5 Å². The van der Waals surface area contributed by atoms with Crippen LogP contribution in [0.4, 0.5) is 5.69 Å². The summed E-state index contributed by atoms with van der Waals surface area (Å²) in [5.41, 5.74) is 7.12. The summed E-state index contributed by atoms with van der Waals surface area (Å²) in [7, 11) is -3.73. The van der Waals surface area contributed by atoms with Crippen molar-refractivity contribution in [3.8, 4) is 0 Å². The second-order valence-corrected chi connectivity index (χ2v) is 7.30. The number of rotatable bonds is 5. The lowest BCUT2D eigenvalue weighted by molar-refractivity contribution is 0.0697. The van der Waals surface area contributed by atoms with Crippen LogP contribution in [-0.2, 0) is 16.6 Å². The lowest BCUT2D eigenvalue weighted by Gasteiger charge is -2.10. The van der Waals surface area contributed by atoms with Crippen molar-refractivity contribution in [1.29, 1.82) is 0 Å². The maximum atomic E-state index is 12.6. The number of carboxylic acids is 1. The molecule has 7 heteroatoms. The molecule has 0 aliphatic heterocycles. The van der Waals surface area contributed by atoms with Crippen LogP contribution in [0.15, 0.2) is 65.6 Å². The third-order valence-electron chi connectivity index (χ3n) is 3.82. The van der Waals surface area contributed by atoms with E-state index in [0.717, 1.165) is 5.39 Å². The van der Waals surface area contributed by atoms with Gasteiger partial charge in [-0.2, -0.15) is 0 Å². The Labute approximate surface area is 145 Å². The summed E-state index contributed by atoms with van der Waals surface area (Å²) >= 11 is 0. The smallest absolute Gasteiger partial charge is 0.335 e. The van der Waals surface area contributed by atoms with Gasteiger partial charge in [0.1, 0.15) is 0 Å². The van der Waals surface area contributed by atoms with Crippen molar-refractivity contribution in [2.24, 2.45) is 0 Å². The van der Waals surface area contributed by atoms with E-state index in [0.29, 0.717) is 16.6 Å². The number of anilines is 1. The van der Waals surface area contributed by atoms with Crippen molar-refractivity contribution >= 4 is 32.5 Å². The molecule has 0 amide bonds. The molecule has 0 aliphatic rings. The fraction of sp³-hybridized carbons (Fsp3) is 0.0556. The summed E-state index contributed by atoms with van der Waals surface area (Å²) in [6.45, 7) is 0.0631. The van der Waals surface area contributed by atoms with Crippen molar-refractivity contribution < 1.29 is 18.3 Å². The zero-order valence-corrected chi connectivity index (χ0v) is 14.0. The highest BCUT2D eigenvalue weighted by Crippen LogP contribution is 2.25. The van der Waals surface area contributed by atoms with Gasteiger partial charge in [-0.15, -0.1) is 0 Å². The lowest BCUT2D eigenvalue weighted by Crippen LogP contribution is -2.23. The first-order chi connectivity index (χ1) is 11.9. The van der Waals surface area contributed by atoms with Crippen molar-refractivity contribution in [3.63, 3.8) is 0 Å². The maximum Gasteiger partial charge on any atom is 0.335 e. The molecule has 3 aromatic carbocycles. The van der Waals surface area contributed by atoms with Gasteiger partial charge in [-0.3, -0.25) is 0 Å². The second-order valence-electron chi connectivity index (χ2n) is 5.56. The molecule has 3 aromatic rings. The van der Waals surface area contributed by atoms with Crippen LogP contribution in [0.3, 0.4) is 0 Å². The average molecular weight is 356 g/mol. The first kappa shape index (κ1) is 16.9. The van der Waals surface area contributed by atoms with Crippen LogP contribution >= 0.6 is 0 Å². The molecule has 0 saturated carbocycles. The number of nitrogens with one attached hydrogen (secondary N) is 1. The number of aromatic carboxylic acids is 1. The minimum Gasteiger partial charge on any atom is -0.478 e. The van der Waals surface area contributed by atoms with Gasteiger partial charge in [-0.1, -0.05) is 30.3 Å². The number of benzene rings is 3. The number of fused-ring (bicyclic) bond motifs is 1. The van der Waals surface area contributed by atoms with E-state index in [4.69, 9.17) is 10.8 Å². The molecule has 3 rings (SSSR count). The van der Waals surface area contributed by atoms with E-state index in [-0.39, 0.29) is 17.0 Å². The Kier molecular flexibility index (Phi) is 4.43. The van der Waals surface area contributed by atoms with E-state index in [1.54, 1.807) is 42.5 Å². The number of nitrogen functional groups attached to an aromatic ring is 1. The Hall–Kier alpha value is -2.90. The molecule has 128 valence electrons. The highest BCUT2D eigenvalue weighted by Gasteiger charge is 2.17. The van der Waals surface area contributed by atoms with Gasteiger partial charge in [-0.05, 0) is 41.3 Å². The first-order valence-corrected chi connectivity index (χ1v) is 8.95. The van der Waals surface area contributed by atoms with Gasteiger partial charge in [0.15, 0.2) is 0 Å². The first-order valence-electron chi connectivity index (χ1n) is 7.47.